The number of alkyl halides is 3. The smallest absolute Gasteiger partial charge is 0.398 e. The van der Waals surface area contributed by atoms with Crippen molar-refractivity contribution in [3.8, 4) is 0 Å². The van der Waals surface area contributed by atoms with E-state index in [2.05, 4.69) is 5.32 Å². The second kappa shape index (κ2) is 6.96. The molecular formula is C18H18ClF3N2O. The van der Waals surface area contributed by atoms with Crippen molar-refractivity contribution >= 4 is 24.0 Å². The van der Waals surface area contributed by atoms with Gasteiger partial charge in [-0.15, -0.1) is 12.4 Å². The van der Waals surface area contributed by atoms with Crippen molar-refractivity contribution in [1.82, 2.24) is 5.32 Å². The monoisotopic (exact) mass is 370 g/mol. The third-order valence-corrected chi connectivity index (χ3v) is 4.45. The molecule has 0 bridgehead atoms. The van der Waals surface area contributed by atoms with Gasteiger partial charge < -0.3 is 11.1 Å². The van der Waals surface area contributed by atoms with Gasteiger partial charge in [0.25, 0.3) is 5.91 Å². The van der Waals surface area contributed by atoms with Gasteiger partial charge in [-0.3, -0.25) is 4.79 Å². The molecule has 2 aromatic rings. The van der Waals surface area contributed by atoms with Crippen LogP contribution in [0.1, 0.15) is 34.3 Å². The van der Waals surface area contributed by atoms with Crippen LogP contribution in [0.4, 0.5) is 18.9 Å². The van der Waals surface area contributed by atoms with Crippen molar-refractivity contribution < 1.29 is 18.0 Å². The van der Waals surface area contributed by atoms with Gasteiger partial charge in [-0.25, -0.2) is 0 Å². The minimum Gasteiger partial charge on any atom is -0.398 e. The Hall–Kier alpha value is -2.21. The number of nitrogens with two attached hydrogens (primary N) is 1. The van der Waals surface area contributed by atoms with E-state index in [0.29, 0.717) is 23.4 Å². The molecule has 1 aliphatic rings. The molecule has 3 nitrogen and oxygen atoms in total. The van der Waals surface area contributed by atoms with E-state index in [1.54, 1.807) is 30.3 Å². The molecule has 1 fully saturated rings. The lowest BCUT2D eigenvalue weighted by Gasteiger charge is -2.18. The number of halogens is 4. The largest absolute Gasteiger partial charge is 0.416 e. The predicted molar refractivity (Wildman–Crippen MR) is 92.8 cm³/mol. The highest BCUT2D eigenvalue weighted by molar-refractivity contribution is 5.99. The number of nitrogens with one attached hydrogen (secondary N) is 1. The van der Waals surface area contributed by atoms with Crippen LogP contribution in [0.2, 0.25) is 0 Å². The first-order valence-corrected chi connectivity index (χ1v) is 7.62. The van der Waals surface area contributed by atoms with Crippen LogP contribution in [0.5, 0.6) is 0 Å². The molecule has 7 heteroatoms. The van der Waals surface area contributed by atoms with Crippen molar-refractivity contribution in [1.29, 1.82) is 0 Å². The first kappa shape index (κ1) is 19.1. The normalized spacial score (nSPS) is 15.2. The van der Waals surface area contributed by atoms with Crippen LogP contribution in [-0.4, -0.2) is 12.5 Å². The number of nitrogen functional groups attached to an aromatic ring is 1. The molecule has 0 aliphatic heterocycles. The average Bonchev–Trinajstić information content (AvgIpc) is 3.34. The predicted octanol–water partition coefficient (Wildman–Crippen LogP) is 4.17. The summed E-state index contributed by atoms with van der Waals surface area (Å²) in [6.07, 6.45) is -2.87. The summed E-state index contributed by atoms with van der Waals surface area (Å²) in [7, 11) is 0. The van der Waals surface area contributed by atoms with Gasteiger partial charge in [0.05, 0.1) is 11.1 Å². The minimum atomic E-state index is -4.37. The van der Waals surface area contributed by atoms with Gasteiger partial charge in [0.15, 0.2) is 0 Å². The van der Waals surface area contributed by atoms with Crippen LogP contribution in [0.3, 0.4) is 0 Å². The Labute approximate surface area is 149 Å². The number of amides is 1. The Morgan fingerprint density at radius 3 is 2.40 bits per heavy atom. The van der Waals surface area contributed by atoms with E-state index in [9.17, 15) is 18.0 Å². The summed E-state index contributed by atoms with van der Waals surface area (Å²) in [5.41, 5.74) is 6.05. The van der Waals surface area contributed by atoms with E-state index in [1.165, 1.54) is 12.1 Å². The molecule has 134 valence electrons. The van der Waals surface area contributed by atoms with Gasteiger partial charge in [-0.1, -0.05) is 30.3 Å². The number of anilines is 1. The zero-order valence-corrected chi connectivity index (χ0v) is 14.1. The maximum atomic E-state index is 12.9. The van der Waals surface area contributed by atoms with Crippen molar-refractivity contribution in [2.45, 2.75) is 24.4 Å². The topological polar surface area (TPSA) is 55.1 Å². The molecule has 0 heterocycles. The summed E-state index contributed by atoms with van der Waals surface area (Å²) in [5.74, 6) is -0.314. The van der Waals surface area contributed by atoms with E-state index in [4.69, 9.17) is 5.73 Å². The summed E-state index contributed by atoms with van der Waals surface area (Å²) < 4.78 is 38.6. The Morgan fingerprint density at radius 1 is 1.12 bits per heavy atom. The second-order valence-electron chi connectivity index (χ2n) is 6.13. The Bertz CT molecular complexity index is 773. The second-order valence-corrected chi connectivity index (χ2v) is 6.13. The highest BCUT2D eigenvalue weighted by atomic mass is 35.5. The van der Waals surface area contributed by atoms with E-state index in [0.717, 1.165) is 18.9 Å². The van der Waals surface area contributed by atoms with Crippen LogP contribution in [-0.2, 0) is 11.6 Å². The summed E-state index contributed by atoms with van der Waals surface area (Å²) in [4.78, 5) is 12.2. The van der Waals surface area contributed by atoms with Crippen LogP contribution < -0.4 is 11.1 Å². The van der Waals surface area contributed by atoms with Gasteiger partial charge in [-0.2, -0.15) is 13.2 Å². The molecule has 0 saturated heterocycles. The third-order valence-electron chi connectivity index (χ3n) is 4.45. The van der Waals surface area contributed by atoms with Crippen LogP contribution in [0, 0.1) is 0 Å². The maximum absolute atomic E-state index is 12.9. The third kappa shape index (κ3) is 4.07. The zero-order valence-electron chi connectivity index (χ0n) is 13.3. The summed E-state index contributed by atoms with van der Waals surface area (Å²) in [6.45, 7) is 0.293. The SMILES string of the molecule is Cl.Nc1ccccc1C(=O)NCC1(c2cccc(C(F)(F)F)c2)CC1. The van der Waals surface area contributed by atoms with Gasteiger partial charge >= 0.3 is 6.18 Å². The molecule has 2 aromatic carbocycles. The Balaban J connectivity index is 0.00000225. The first-order chi connectivity index (χ1) is 11.3. The highest BCUT2D eigenvalue weighted by Gasteiger charge is 2.45. The fourth-order valence-corrected chi connectivity index (χ4v) is 2.79. The minimum absolute atomic E-state index is 0. The molecule has 1 saturated carbocycles. The fraction of sp³-hybridized carbons (Fsp3) is 0.278. The Morgan fingerprint density at radius 2 is 1.80 bits per heavy atom. The molecule has 3 rings (SSSR count). The molecule has 1 amide bonds. The van der Waals surface area contributed by atoms with Crippen molar-refractivity contribution in [3.63, 3.8) is 0 Å². The lowest BCUT2D eigenvalue weighted by Crippen LogP contribution is -2.32. The van der Waals surface area contributed by atoms with E-state index in [-0.39, 0.29) is 18.3 Å². The number of hydrogen-bond donors (Lipinski definition) is 2. The van der Waals surface area contributed by atoms with Crippen LogP contribution in [0.25, 0.3) is 0 Å². The molecule has 0 atom stereocenters. The fourth-order valence-electron chi connectivity index (χ4n) is 2.79. The van der Waals surface area contributed by atoms with Gasteiger partial charge in [0, 0.05) is 17.6 Å². The van der Waals surface area contributed by atoms with Crippen LogP contribution in [0.15, 0.2) is 48.5 Å². The lowest BCUT2D eigenvalue weighted by molar-refractivity contribution is -0.137. The summed E-state index contributed by atoms with van der Waals surface area (Å²) in [5, 5.41) is 2.80. The van der Waals surface area contributed by atoms with E-state index < -0.39 is 17.2 Å². The number of para-hydroxylation sites is 1. The van der Waals surface area contributed by atoms with Gasteiger partial charge in [-0.05, 0) is 36.6 Å². The number of rotatable bonds is 4. The van der Waals surface area contributed by atoms with Gasteiger partial charge in [0.1, 0.15) is 0 Å². The molecule has 1 aliphatic carbocycles. The molecule has 0 radical (unpaired) electrons. The number of carbonyl (C=O) groups excluding carboxylic acids is 1. The molecule has 0 unspecified atom stereocenters. The van der Waals surface area contributed by atoms with E-state index in [1.807, 2.05) is 0 Å². The van der Waals surface area contributed by atoms with Crippen molar-refractivity contribution in [2.75, 3.05) is 12.3 Å². The summed E-state index contributed by atoms with van der Waals surface area (Å²) in [6, 6.07) is 12.0. The standard InChI is InChI=1S/C18H17F3N2O.ClH/c19-18(20,21)13-5-3-4-12(10-13)17(8-9-17)11-23-16(24)14-6-1-2-7-15(14)22;/h1-7,10H,8-9,11,22H2,(H,23,24);1H. The maximum Gasteiger partial charge on any atom is 0.416 e. The van der Waals surface area contributed by atoms with Crippen LogP contribution >= 0.6 is 12.4 Å². The first-order valence-electron chi connectivity index (χ1n) is 7.62. The van der Waals surface area contributed by atoms with Crippen molar-refractivity contribution in [2.24, 2.45) is 0 Å². The molecule has 3 N–H and O–H groups in total. The average molecular weight is 371 g/mol. The van der Waals surface area contributed by atoms with Gasteiger partial charge in [0.2, 0.25) is 0 Å². The summed E-state index contributed by atoms with van der Waals surface area (Å²) >= 11 is 0. The molecule has 0 aromatic heterocycles. The zero-order chi connectivity index (χ0) is 17.4. The van der Waals surface area contributed by atoms with Crippen molar-refractivity contribution in [3.05, 3.63) is 65.2 Å². The highest BCUT2D eigenvalue weighted by Crippen LogP contribution is 2.48. The lowest BCUT2D eigenvalue weighted by atomic mass is 9.94. The number of carbonyl (C=O) groups is 1. The molecule has 25 heavy (non-hydrogen) atoms. The number of hydrogen-bond acceptors (Lipinski definition) is 2. The number of benzene rings is 2. The quantitative estimate of drug-likeness (QED) is 0.793. The Kier molecular flexibility index (Phi) is 5.32. The molecular weight excluding hydrogens is 353 g/mol. The molecule has 0 spiro atoms. The van der Waals surface area contributed by atoms with E-state index >= 15 is 0 Å².